The van der Waals surface area contributed by atoms with Crippen LogP contribution in [0.2, 0.25) is 0 Å². The molecule has 162 valence electrons. The van der Waals surface area contributed by atoms with E-state index in [0.717, 1.165) is 30.8 Å². The molecule has 7 heteroatoms. The lowest BCUT2D eigenvalue weighted by Gasteiger charge is -2.34. The van der Waals surface area contributed by atoms with Crippen molar-refractivity contribution >= 4 is 21.6 Å². The van der Waals surface area contributed by atoms with Crippen molar-refractivity contribution in [3.8, 4) is 0 Å². The summed E-state index contributed by atoms with van der Waals surface area (Å²) in [7, 11) is -3.77. The molecule has 0 saturated carbocycles. The standard InChI is InChI=1S/C23H31N3O3S/c1-4-24-15-17-25(18-16-24)23(27)13-14-26(21-9-5-19(2)6-10-21)30(28,29)22-11-7-20(3)8-12-22/h5-12H,4,13-18H2,1-3H3. The quantitative estimate of drug-likeness (QED) is 0.679. The van der Waals surface area contributed by atoms with Gasteiger partial charge in [0.05, 0.1) is 10.6 Å². The normalized spacial score (nSPS) is 15.2. The Bertz CT molecular complexity index is 948. The highest BCUT2D eigenvalue weighted by atomic mass is 32.2. The number of hydrogen-bond acceptors (Lipinski definition) is 4. The summed E-state index contributed by atoms with van der Waals surface area (Å²) in [6.45, 7) is 10.2. The number of carbonyl (C=O) groups excluding carboxylic acids is 1. The Hall–Kier alpha value is -2.38. The van der Waals surface area contributed by atoms with E-state index in [-0.39, 0.29) is 23.8 Å². The first kappa shape index (κ1) is 22.3. The number of carbonyl (C=O) groups is 1. The number of anilines is 1. The molecule has 0 aromatic heterocycles. The Labute approximate surface area is 180 Å². The molecule has 3 rings (SSSR count). The zero-order valence-electron chi connectivity index (χ0n) is 18.0. The maximum atomic E-state index is 13.4. The first-order valence-corrected chi connectivity index (χ1v) is 11.9. The van der Waals surface area contributed by atoms with Crippen molar-refractivity contribution in [2.24, 2.45) is 0 Å². The number of rotatable bonds is 7. The van der Waals surface area contributed by atoms with Crippen LogP contribution in [0.25, 0.3) is 0 Å². The monoisotopic (exact) mass is 429 g/mol. The van der Waals surface area contributed by atoms with Crippen LogP contribution in [0, 0.1) is 13.8 Å². The summed E-state index contributed by atoms with van der Waals surface area (Å²) in [5, 5.41) is 0. The molecule has 1 fully saturated rings. The van der Waals surface area contributed by atoms with E-state index < -0.39 is 10.0 Å². The summed E-state index contributed by atoms with van der Waals surface area (Å²) < 4.78 is 28.1. The topological polar surface area (TPSA) is 60.9 Å². The summed E-state index contributed by atoms with van der Waals surface area (Å²) in [5.41, 5.74) is 2.62. The molecular formula is C23H31N3O3S. The van der Waals surface area contributed by atoms with E-state index >= 15 is 0 Å². The fraction of sp³-hybridized carbons (Fsp3) is 0.435. The fourth-order valence-corrected chi connectivity index (χ4v) is 5.07. The number of sulfonamides is 1. The molecule has 0 spiro atoms. The van der Waals surface area contributed by atoms with E-state index in [1.54, 1.807) is 36.4 Å². The van der Waals surface area contributed by atoms with E-state index in [2.05, 4.69) is 11.8 Å². The second-order valence-corrected chi connectivity index (χ2v) is 9.65. The minimum Gasteiger partial charge on any atom is -0.340 e. The number of piperazine rings is 1. The highest BCUT2D eigenvalue weighted by molar-refractivity contribution is 7.92. The molecule has 2 aromatic carbocycles. The first-order chi connectivity index (χ1) is 14.3. The number of aryl methyl sites for hydroxylation is 2. The molecule has 30 heavy (non-hydrogen) atoms. The highest BCUT2D eigenvalue weighted by Gasteiger charge is 2.27. The van der Waals surface area contributed by atoms with Gasteiger partial charge in [0.2, 0.25) is 5.91 Å². The van der Waals surface area contributed by atoms with Crippen LogP contribution < -0.4 is 4.31 Å². The Morgan fingerprint density at radius 3 is 1.97 bits per heavy atom. The second kappa shape index (κ2) is 9.62. The van der Waals surface area contributed by atoms with Gasteiger partial charge in [-0.25, -0.2) is 8.42 Å². The first-order valence-electron chi connectivity index (χ1n) is 10.5. The van der Waals surface area contributed by atoms with Gasteiger partial charge in [-0.2, -0.15) is 0 Å². The number of likely N-dealkylation sites (N-methyl/N-ethyl adjacent to an activating group) is 1. The van der Waals surface area contributed by atoms with Crippen molar-refractivity contribution in [2.75, 3.05) is 43.6 Å². The molecule has 2 aromatic rings. The summed E-state index contributed by atoms with van der Waals surface area (Å²) in [6.07, 6.45) is 0.158. The van der Waals surface area contributed by atoms with E-state index in [1.165, 1.54) is 4.31 Å². The zero-order valence-corrected chi connectivity index (χ0v) is 18.9. The van der Waals surface area contributed by atoms with Gasteiger partial charge in [0.15, 0.2) is 0 Å². The van der Waals surface area contributed by atoms with Gasteiger partial charge in [-0.05, 0) is 44.7 Å². The van der Waals surface area contributed by atoms with Crippen LogP contribution in [-0.2, 0) is 14.8 Å². The number of nitrogens with zero attached hydrogens (tertiary/aromatic N) is 3. The minimum absolute atomic E-state index is 0.00182. The van der Waals surface area contributed by atoms with Crippen LogP contribution in [0.1, 0.15) is 24.5 Å². The van der Waals surface area contributed by atoms with Crippen LogP contribution in [0.3, 0.4) is 0 Å². The number of hydrogen-bond donors (Lipinski definition) is 0. The summed E-state index contributed by atoms with van der Waals surface area (Å²) in [6, 6.07) is 14.2. The predicted octanol–water partition coefficient (Wildman–Crippen LogP) is 3.05. The Morgan fingerprint density at radius 1 is 0.900 bits per heavy atom. The van der Waals surface area contributed by atoms with E-state index in [4.69, 9.17) is 0 Å². The van der Waals surface area contributed by atoms with Crippen LogP contribution in [0.4, 0.5) is 5.69 Å². The van der Waals surface area contributed by atoms with Gasteiger partial charge in [-0.3, -0.25) is 9.10 Å². The average molecular weight is 430 g/mol. The van der Waals surface area contributed by atoms with Crippen molar-refractivity contribution in [1.82, 2.24) is 9.80 Å². The molecule has 0 bridgehead atoms. The summed E-state index contributed by atoms with van der Waals surface area (Å²) >= 11 is 0. The van der Waals surface area contributed by atoms with Crippen molar-refractivity contribution in [2.45, 2.75) is 32.1 Å². The van der Waals surface area contributed by atoms with Crippen molar-refractivity contribution < 1.29 is 13.2 Å². The van der Waals surface area contributed by atoms with E-state index in [0.29, 0.717) is 18.8 Å². The molecule has 0 aliphatic carbocycles. The molecule has 1 aliphatic rings. The predicted molar refractivity (Wildman–Crippen MR) is 120 cm³/mol. The van der Waals surface area contributed by atoms with Crippen LogP contribution in [0.5, 0.6) is 0 Å². The lowest BCUT2D eigenvalue weighted by Crippen LogP contribution is -2.49. The molecule has 1 aliphatic heterocycles. The SMILES string of the molecule is CCN1CCN(C(=O)CCN(c2ccc(C)cc2)S(=O)(=O)c2ccc(C)cc2)CC1. The van der Waals surface area contributed by atoms with E-state index in [9.17, 15) is 13.2 Å². The van der Waals surface area contributed by atoms with Gasteiger partial charge in [0.1, 0.15) is 0 Å². The molecular weight excluding hydrogens is 398 g/mol. The Kier molecular flexibility index (Phi) is 7.15. The molecule has 6 nitrogen and oxygen atoms in total. The average Bonchev–Trinajstić information content (AvgIpc) is 2.75. The molecule has 0 N–H and O–H groups in total. The third kappa shape index (κ3) is 5.21. The van der Waals surface area contributed by atoms with Crippen molar-refractivity contribution in [1.29, 1.82) is 0 Å². The van der Waals surface area contributed by atoms with Gasteiger partial charge >= 0.3 is 0 Å². The lowest BCUT2D eigenvalue weighted by molar-refractivity contribution is -0.132. The number of benzene rings is 2. The van der Waals surface area contributed by atoms with Crippen LogP contribution in [-0.4, -0.2) is 63.4 Å². The molecule has 0 radical (unpaired) electrons. The molecule has 0 atom stereocenters. The largest absolute Gasteiger partial charge is 0.340 e. The summed E-state index contributed by atoms with van der Waals surface area (Å²) in [5.74, 6) is 0.00182. The Balaban J connectivity index is 1.79. The third-order valence-corrected chi connectivity index (χ3v) is 7.47. The van der Waals surface area contributed by atoms with Crippen molar-refractivity contribution in [3.05, 3.63) is 59.7 Å². The van der Waals surface area contributed by atoms with Gasteiger partial charge < -0.3 is 9.80 Å². The van der Waals surface area contributed by atoms with Gasteiger partial charge in [-0.1, -0.05) is 42.3 Å². The molecule has 1 amide bonds. The number of amides is 1. The molecule has 1 heterocycles. The minimum atomic E-state index is -3.77. The van der Waals surface area contributed by atoms with Gasteiger partial charge in [-0.15, -0.1) is 0 Å². The smallest absolute Gasteiger partial charge is 0.264 e. The zero-order chi connectivity index (χ0) is 21.7. The van der Waals surface area contributed by atoms with Crippen molar-refractivity contribution in [3.63, 3.8) is 0 Å². The van der Waals surface area contributed by atoms with Gasteiger partial charge in [0, 0.05) is 39.1 Å². The fourth-order valence-electron chi connectivity index (χ4n) is 3.61. The maximum Gasteiger partial charge on any atom is 0.264 e. The van der Waals surface area contributed by atoms with Gasteiger partial charge in [0.25, 0.3) is 10.0 Å². The van der Waals surface area contributed by atoms with Crippen LogP contribution >= 0.6 is 0 Å². The van der Waals surface area contributed by atoms with E-state index in [1.807, 2.05) is 30.9 Å². The highest BCUT2D eigenvalue weighted by Crippen LogP contribution is 2.25. The lowest BCUT2D eigenvalue weighted by atomic mass is 10.2. The molecule has 1 saturated heterocycles. The summed E-state index contributed by atoms with van der Waals surface area (Å²) in [4.78, 5) is 17.2. The maximum absolute atomic E-state index is 13.4. The Morgan fingerprint density at radius 2 is 1.43 bits per heavy atom. The second-order valence-electron chi connectivity index (χ2n) is 7.79. The third-order valence-electron chi connectivity index (χ3n) is 5.63. The van der Waals surface area contributed by atoms with Crippen LogP contribution in [0.15, 0.2) is 53.4 Å². The molecule has 0 unspecified atom stereocenters.